The number of hydrogen-bond donors (Lipinski definition) is 0. The van der Waals surface area contributed by atoms with Gasteiger partial charge in [-0.3, -0.25) is 0 Å². The summed E-state index contributed by atoms with van der Waals surface area (Å²) < 4.78 is 0. The zero-order valence-corrected chi connectivity index (χ0v) is 15.9. The fourth-order valence-electron chi connectivity index (χ4n) is 3.95. The third-order valence-electron chi connectivity index (χ3n) is 5.15. The van der Waals surface area contributed by atoms with Crippen LogP contribution >= 0.6 is 0 Å². The first kappa shape index (κ1) is 17.0. The van der Waals surface area contributed by atoms with Crippen molar-refractivity contribution in [3.05, 3.63) is 64.2 Å². The highest BCUT2D eigenvalue weighted by Crippen LogP contribution is 2.42. The highest BCUT2D eigenvalue weighted by Gasteiger charge is 2.25. The second-order valence-electron chi connectivity index (χ2n) is 8.05. The molecule has 0 aliphatic heterocycles. The van der Waals surface area contributed by atoms with Crippen molar-refractivity contribution >= 4 is 6.08 Å². The number of hydrogen-bond acceptors (Lipinski definition) is 0. The molecule has 0 atom stereocenters. The van der Waals surface area contributed by atoms with Crippen LogP contribution in [-0.4, -0.2) is 0 Å². The third-order valence-corrected chi connectivity index (χ3v) is 5.15. The van der Waals surface area contributed by atoms with Crippen LogP contribution in [0.15, 0.2) is 42.0 Å². The summed E-state index contributed by atoms with van der Waals surface area (Å²) in [7, 11) is 0. The summed E-state index contributed by atoms with van der Waals surface area (Å²) in [6, 6.07) is 13.7. The fraction of sp³-hybridized carbons (Fsp3) is 0.417. The largest absolute Gasteiger partial charge is 0.0652 e. The van der Waals surface area contributed by atoms with Gasteiger partial charge in [-0.15, -0.1) is 0 Å². The van der Waals surface area contributed by atoms with Crippen LogP contribution in [0.5, 0.6) is 0 Å². The van der Waals surface area contributed by atoms with Gasteiger partial charge in [0.1, 0.15) is 0 Å². The third kappa shape index (κ3) is 3.07. The molecule has 2 aromatic carbocycles. The molecule has 0 saturated heterocycles. The first-order valence-corrected chi connectivity index (χ1v) is 9.39. The summed E-state index contributed by atoms with van der Waals surface area (Å²) in [5.74, 6) is 0. The van der Waals surface area contributed by atoms with Crippen molar-refractivity contribution in [3.63, 3.8) is 0 Å². The molecule has 1 aliphatic rings. The molecule has 3 rings (SSSR count). The van der Waals surface area contributed by atoms with Gasteiger partial charge < -0.3 is 0 Å². The standard InChI is InChI=1S/C24H30/c1-6-10-17-15-19-13-14-22(24(3,4)5)23(21(19)16-17)20-12-9-8-11-18(20)7-2/h8-9,11-14,16H,6-7,10,15H2,1-5H3. The smallest absolute Gasteiger partial charge is 0.00576 e. The monoisotopic (exact) mass is 318 g/mol. The van der Waals surface area contributed by atoms with E-state index in [4.69, 9.17) is 0 Å². The minimum atomic E-state index is 0.145. The van der Waals surface area contributed by atoms with E-state index in [9.17, 15) is 0 Å². The average Bonchev–Trinajstić information content (AvgIpc) is 2.96. The summed E-state index contributed by atoms with van der Waals surface area (Å²) in [5, 5.41) is 0. The molecule has 0 heteroatoms. The highest BCUT2D eigenvalue weighted by molar-refractivity contribution is 5.85. The van der Waals surface area contributed by atoms with E-state index in [1.807, 2.05) is 0 Å². The highest BCUT2D eigenvalue weighted by atomic mass is 14.3. The van der Waals surface area contributed by atoms with E-state index < -0.39 is 0 Å². The SMILES string of the molecule is CCCC1=Cc2c(ccc(C(C)(C)C)c2-c2ccccc2CC)C1. The van der Waals surface area contributed by atoms with Crippen molar-refractivity contribution in [2.24, 2.45) is 0 Å². The Kier molecular flexibility index (Phi) is 4.67. The van der Waals surface area contributed by atoms with E-state index in [-0.39, 0.29) is 5.41 Å². The Bertz CT molecular complexity index is 769. The van der Waals surface area contributed by atoms with E-state index in [0.29, 0.717) is 0 Å². The molecular weight excluding hydrogens is 288 g/mol. The first-order valence-electron chi connectivity index (χ1n) is 9.39. The van der Waals surface area contributed by atoms with Gasteiger partial charge in [0.25, 0.3) is 0 Å². The Morgan fingerprint density at radius 1 is 0.958 bits per heavy atom. The molecule has 0 nitrogen and oxygen atoms in total. The van der Waals surface area contributed by atoms with Crippen molar-refractivity contribution in [3.8, 4) is 11.1 Å². The molecule has 0 unspecified atom stereocenters. The lowest BCUT2D eigenvalue weighted by molar-refractivity contribution is 0.591. The van der Waals surface area contributed by atoms with Crippen LogP contribution in [0.1, 0.15) is 69.7 Å². The maximum Gasteiger partial charge on any atom is -0.00576 e. The summed E-state index contributed by atoms with van der Waals surface area (Å²) in [6.07, 6.45) is 7.14. The van der Waals surface area contributed by atoms with Gasteiger partial charge >= 0.3 is 0 Å². The predicted octanol–water partition coefficient (Wildman–Crippen LogP) is 6.95. The van der Waals surface area contributed by atoms with E-state index in [1.54, 1.807) is 5.57 Å². The maximum absolute atomic E-state index is 2.48. The molecule has 0 aromatic heterocycles. The van der Waals surface area contributed by atoms with Gasteiger partial charge in [-0.25, -0.2) is 0 Å². The Balaban J connectivity index is 2.28. The molecule has 0 saturated carbocycles. The summed E-state index contributed by atoms with van der Waals surface area (Å²) >= 11 is 0. The van der Waals surface area contributed by atoms with Crippen molar-refractivity contribution in [1.82, 2.24) is 0 Å². The molecule has 0 bridgehead atoms. The quantitative estimate of drug-likeness (QED) is 0.572. The molecular formula is C24H30. The van der Waals surface area contributed by atoms with Gasteiger partial charge in [-0.05, 0) is 58.1 Å². The van der Waals surface area contributed by atoms with Gasteiger partial charge in [0.2, 0.25) is 0 Å². The lowest BCUT2D eigenvalue weighted by atomic mass is 9.78. The van der Waals surface area contributed by atoms with Crippen LogP contribution in [0, 0.1) is 0 Å². The van der Waals surface area contributed by atoms with E-state index in [2.05, 4.69) is 77.1 Å². The maximum atomic E-state index is 2.48. The number of fused-ring (bicyclic) bond motifs is 1. The molecule has 126 valence electrons. The molecule has 0 heterocycles. The number of aryl methyl sites for hydroxylation is 1. The molecule has 0 amide bonds. The Morgan fingerprint density at radius 2 is 1.71 bits per heavy atom. The Morgan fingerprint density at radius 3 is 2.38 bits per heavy atom. The predicted molar refractivity (Wildman–Crippen MR) is 107 cm³/mol. The van der Waals surface area contributed by atoms with Crippen molar-refractivity contribution < 1.29 is 0 Å². The second kappa shape index (κ2) is 6.59. The zero-order chi connectivity index (χ0) is 17.3. The number of rotatable bonds is 4. The van der Waals surface area contributed by atoms with Crippen LogP contribution in [0.2, 0.25) is 0 Å². The first-order chi connectivity index (χ1) is 11.5. The van der Waals surface area contributed by atoms with Crippen LogP contribution in [0.3, 0.4) is 0 Å². The van der Waals surface area contributed by atoms with Gasteiger partial charge in [-0.1, -0.05) is 89.1 Å². The van der Waals surface area contributed by atoms with Crippen molar-refractivity contribution in [2.75, 3.05) is 0 Å². The van der Waals surface area contributed by atoms with Gasteiger partial charge in [0, 0.05) is 0 Å². The number of benzene rings is 2. The van der Waals surface area contributed by atoms with Gasteiger partial charge in [0.05, 0.1) is 0 Å². The lowest BCUT2D eigenvalue weighted by Crippen LogP contribution is -2.14. The molecule has 24 heavy (non-hydrogen) atoms. The summed E-state index contributed by atoms with van der Waals surface area (Å²) in [4.78, 5) is 0. The van der Waals surface area contributed by atoms with E-state index in [0.717, 1.165) is 12.8 Å². The van der Waals surface area contributed by atoms with E-state index in [1.165, 1.54) is 46.2 Å². The molecule has 1 aliphatic carbocycles. The average molecular weight is 319 g/mol. The van der Waals surface area contributed by atoms with Crippen LogP contribution in [0.4, 0.5) is 0 Å². The topological polar surface area (TPSA) is 0 Å². The summed E-state index contributed by atoms with van der Waals surface area (Å²) in [6.45, 7) is 11.5. The van der Waals surface area contributed by atoms with Crippen molar-refractivity contribution in [2.45, 2.75) is 65.7 Å². The minimum Gasteiger partial charge on any atom is -0.0652 e. The van der Waals surface area contributed by atoms with Gasteiger partial charge in [-0.2, -0.15) is 0 Å². The molecule has 0 radical (unpaired) electrons. The summed E-state index contributed by atoms with van der Waals surface area (Å²) in [5.41, 5.74) is 10.5. The van der Waals surface area contributed by atoms with Gasteiger partial charge in [0.15, 0.2) is 0 Å². The zero-order valence-electron chi connectivity index (χ0n) is 15.9. The van der Waals surface area contributed by atoms with Crippen LogP contribution in [-0.2, 0) is 18.3 Å². The molecule has 0 N–H and O–H groups in total. The molecule has 0 fully saturated rings. The van der Waals surface area contributed by atoms with Crippen LogP contribution in [0.25, 0.3) is 17.2 Å². The molecule has 0 spiro atoms. The van der Waals surface area contributed by atoms with Crippen molar-refractivity contribution in [1.29, 1.82) is 0 Å². The normalized spacial score (nSPS) is 13.8. The fourth-order valence-corrected chi connectivity index (χ4v) is 3.95. The molecule has 2 aromatic rings. The lowest BCUT2D eigenvalue weighted by Gasteiger charge is -2.26. The second-order valence-corrected chi connectivity index (χ2v) is 8.05. The van der Waals surface area contributed by atoms with Crippen LogP contribution < -0.4 is 0 Å². The number of allylic oxidation sites excluding steroid dienone is 1. The minimum absolute atomic E-state index is 0.145. The Hall–Kier alpha value is -1.82. The van der Waals surface area contributed by atoms with E-state index >= 15 is 0 Å². The Labute approximate surface area is 147 Å².